The predicted octanol–water partition coefficient (Wildman–Crippen LogP) is 6.12. The molecule has 4 nitrogen and oxygen atoms in total. The number of anilines is 2. The zero-order valence-corrected chi connectivity index (χ0v) is 17.8. The van der Waals surface area contributed by atoms with Crippen molar-refractivity contribution in [1.82, 2.24) is 0 Å². The van der Waals surface area contributed by atoms with Crippen molar-refractivity contribution in [3.63, 3.8) is 0 Å². The summed E-state index contributed by atoms with van der Waals surface area (Å²) in [6, 6.07) is 6.41. The molecule has 0 bridgehead atoms. The van der Waals surface area contributed by atoms with Gasteiger partial charge in [-0.1, -0.05) is 13.0 Å². The van der Waals surface area contributed by atoms with Crippen molar-refractivity contribution < 1.29 is 40.3 Å². The van der Waals surface area contributed by atoms with E-state index in [2.05, 4.69) is 5.32 Å². The van der Waals surface area contributed by atoms with Gasteiger partial charge in [0.2, 0.25) is 11.8 Å². The van der Waals surface area contributed by atoms with Crippen molar-refractivity contribution in [3.05, 3.63) is 53.1 Å². The zero-order chi connectivity index (χ0) is 24.5. The lowest BCUT2D eigenvalue weighted by Crippen LogP contribution is -2.27. The third kappa shape index (κ3) is 5.60. The van der Waals surface area contributed by atoms with E-state index in [0.29, 0.717) is 10.6 Å². The Hall–Kier alpha value is -2.76. The lowest BCUT2D eigenvalue weighted by Gasteiger charge is -2.18. The Morgan fingerprint density at radius 3 is 2.15 bits per heavy atom. The fourth-order valence-corrected chi connectivity index (χ4v) is 3.93. The van der Waals surface area contributed by atoms with Crippen LogP contribution in [-0.2, 0) is 15.8 Å². The van der Waals surface area contributed by atoms with E-state index in [1.54, 1.807) is 36.5 Å². The van der Waals surface area contributed by atoms with Crippen molar-refractivity contribution in [3.8, 4) is 0 Å². The van der Waals surface area contributed by atoms with Crippen LogP contribution in [0.15, 0.2) is 29.2 Å². The number of carbonyl (C=O) groups excluding carboxylic acids is 2. The minimum absolute atomic E-state index is 0.0372. The van der Waals surface area contributed by atoms with Crippen LogP contribution in [-0.4, -0.2) is 17.1 Å². The molecule has 12 heteroatoms. The fraction of sp³-hybridized carbons (Fsp3) is 0.333. The van der Waals surface area contributed by atoms with E-state index in [-0.39, 0.29) is 18.2 Å². The molecule has 1 aliphatic rings. The topological polar surface area (TPSA) is 58.2 Å². The molecular weight excluding hydrogens is 477 g/mol. The molecule has 0 spiro atoms. The SMILES string of the molecule is CCC(Sc1cccc(NC(=O)C2CC2)c1)C(=O)Nc1c(F)c(F)c(C(F)(F)F)c(F)c1F. The molecule has 0 radical (unpaired) electrons. The zero-order valence-electron chi connectivity index (χ0n) is 17.0. The second-order valence-electron chi connectivity index (χ2n) is 7.30. The molecule has 1 fully saturated rings. The van der Waals surface area contributed by atoms with Gasteiger partial charge in [0.15, 0.2) is 23.3 Å². The van der Waals surface area contributed by atoms with E-state index in [4.69, 9.17) is 0 Å². The van der Waals surface area contributed by atoms with Gasteiger partial charge in [-0.2, -0.15) is 13.2 Å². The Balaban J connectivity index is 1.79. The highest BCUT2D eigenvalue weighted by molar-refractivity contribution is 8.00. The van der Waals surface area contributed by atoms with Crippen LogP contribution in [0, 0.1) is 29.2 Å². The highest BCUT2D eigenvalue weighted by atomic mass is 32.2. The van der Waals surface area contributed by atoms with E-state index >= 15 is 0 Å². The number of hydrogen-bond acceptors (Lipinski definition) is 3. The number of nitrogens with one attached hydrogen (secondary N) is 2. The third-order valence-corrected chi connectivity index (χ3v) is 6.14. The molecule has 1 aliphatic carbocycles. The summed E-state index contributed by atoms with van der Waals surface area (Å²) in [6.45, 7) is 1.55. The first-order valence-electron chi connectivity index (χ1n) is 9.75. The summed E-state index contributed by atoms with van der Waals surface area (Å²) in [5, 5.41) is 3.35. The second-order valence-corrected chi connectivity index (χ2v) is 8.58. The van der Waals surface area contributed by atoms with Crippen LogP contribution in [0.1, 0.15) is 31.7 Å². The van der Waals surface area contributed by atoms with Crippen LogP contribution in [0.5, 0.6) is 0 Å². The fourth-order valence-electron chi connectivity index (χ4n) is 2.92. The van der Waals surface area contributed by atoms with Gasteiger partial charge in [-0.05, 0) is 37.5 Å². The number of halogens is 7. The Kier molecular flexibility index (Phi) is 7.25. The Morgan fingerprint density at radius 1 is 1.03 bits per heavy atom. The highest BCUT2D eigenvalue weighted by Crippen LogP contribution is 2.39. The number of rotatable bonds is 7. The minimum Gasteiger partial charge on any atom is -0.326 e. The van der Waals surface area contributed by atoms with E-state index in [1.165, 1.54) is 0 Å². The average molecular weight is 494 g/mol. The molecule has 0 saturated heterocycles. The molecule has 0 aliphatic heterocycles. The Morgan fingerprint density at radius 2 is 1.64 bits per heavy atom. The van der Waals surface area contributed by atoms with Crippen molar-refractivity contribution >= 4 is 35.0 Å². The van der Waals surface area contributed by atoms with Gasteiger partial charge < -0.3 is 10.6 Å². The van der Waals surface area contributed by atoms with Crippen LogP contribution in [0.4, 0.5) is 42.1 Å². The average Bonchev–Trinajstić information content (AvgIpc) is 3.58. The maximum absolute atomic E-state index is 14.1. The van der Waals surface area contributed by atoms with Crippen molar-refractivity contribution in [2.24, 2.45) is 5.92 Å². The predicted molar refractivity (Wildman–Crippen MR) is 108 cm³/mol. The Bertz CT molecular complexity index is 1060. The largest absolute Gasteiger partial charge is 0.422 e. The molecule has 2 aromatic rings. The first-order valence-corrected chi connectivity index (χ1v) is 10.6. The molecule has 2 aromatic carbocycles. The quantitative estimate of drug-likeness (QED) is 0.277. The minimum atomic E-state index is -5.68. The van der Waals surface area contributed by atoms with Crippen molar-refractivity contribution in [2.75, 3.05) is 10.6 Å². The number of benzene rings is 2. The molecule has 3 rings (SSSR count). The van der Waals surface area contributed by atoms with E-state index in [1.807, 2.05) is 0 Å². The van der Waals surface area contributed by atoms with Crippen LogP contribution in [0.3, 0.4) is 0 Å². The monoisotopic (exact) mass is 494 g/mol. The maximum Gasteiger partial charge on any atom is 0.422 e. The molecule has 0 heterocycles. The summed E-state index contributed by atoms with van der Waals surface area (Å²) < 4.78 is 93.9. The summed E-state index contributed by atoms with van der Waals surface area (Å²) in [5.41, 5.74) is -3.90. The summed E-state index contributed by atoms with van der Waals surface area (Å²) in [5.74, 6) is -11.3. The van der Waals surface area contributed by atoms with Gasteiger partial charge >= 0.3 is 6.18 Å². The highest BCUT2D eigenvalue weighted by Gasteiger charge is 2.42. The standard InChI is InChI=1S/C21H17F7N2O2S/c1-2-12(33-11-5-3-4-10(8-11)29-19(31)9-6-7-9)20(32)30-18-16(24)14(22)13(21(26,27)28)15(23)17(18)25/h3-5,8-9,12H,2,6-7H2,1H3,(H,29,31)(H,30,32). The van der Waals surface area contributed by atoms with E-state index in [0.717, 1.165) is 24.6 Å². The number of amides is 2. The summed E-state index contributed by atoms with van der Waals surface area (Å²) >= 11 is 0.933. The lowest BCUT2D eigenvalue weighted by atomic mass is 10.1. The second kappa shape index (κ2) is 9.62. The maximum atomic E-state index is 14.1. The molecule has 1 atom stereocenters. The van der Waals surface area contributed by atoms with Gasteiger partial charge in [0.25, 0.3) is 0 Å². The molecule has 2 N–H and O–H groups in total. The molecule has 178 valence electrons. The van der Waals surface area contributed by atoms with Gasteiger partial charge in [0, 0.05) is 16.5 Å². The first-order chi connectivity index (χ1) is 15.4. The van der Waals surface area contributed by atoms with Gasteiger partial charge in [-0.25, -0.2) is 17.6 Å². The number of carbonyl (C=O) groups is 2. The number of hydrogen-bond donors (Lipinski definition) is 2. The van der Waals surface area contributed by atoms with Crippen LogP contribution < -0.4 is 10.6 Å². The summed E-state index contributed by atoms with van der Waals surface area (Å²) in [6.07, 6.45) is -3.97. The van der Waals surface area contributed by atoms with Gasteiger partial charge in [-0.3, -0.25) is 9.59 Å². The van der Waals surface area contributed by atoms with E-state index < -0.39 is 51.9 Å². The number of alkyl halides is 3. The molecule has 1 unspecified atom stereocenters. The summed E-state index contributed by atoms with van der Waals surface area (Å²) in [4.78, 5) is 24.9. The van der Waals surface area contributed by atoms with Crippen molar-refractivity contribution in [1.29, 1.82) is 0 Å². The number of thioether (sulfide) groups is 1. The van der Waals surface area contributed by atoms with E-state index in [9.17, 15) is 40.3 Å². The first kappa shape index (κ1) is 24.9. The van der Waals surface area contributed by atoms with Gasteiger partial charge in [0.05, 0.1) is 5.25 Å². The molecular formula is C21H17F7N2O2S. The van der Waals surface area contributed by atoms with Crippen LogP contribution in [0.25, 0.3) is 0 Å². The summed E-state index contributed by atoms with van der Waals surface area (Å²) in [7, 11) is 0. The molecule has 1 saturated carbocycles. The van der Waals surface area contributed by atoms with Gasteiger partial charge in [0.1, 0.15) is 11.3 Å². The normalized spacial score (nSPS) is 14.7. The van der Waals surface area contributed by atoms with Crippen molar-refractivity contribution in [2.45, 2.75) is 42.5 Å². The smallest absolute Gasteiger partial charge is 0.326 e. The molecule has 33 heavy (non-hydrogen) atoms. The van der Waals surface area contributed by atoms with Gasteiger partial charge in [-0.15, -0.1) is 11.8 Å². The molecule has 2 amide bonds. The molecule has 0 aromatic heterocycles. The Labute approximate surface area is 187 Å². The van der Waals surface area contributed by atoms with Crippen LogP contribution >= 0.6 is 11.8 Å². The third-order valence-electron chi connectivity index (χ3n) is 4.79. The lowest BCUT2D eigenvalue weighted by molar-refractivity contribution is -0.143. The van der Waals surface area contributed by atoms with Crippen LogP contribution in [0.2, 0.25) is 0 Å².